The van der Waals surface area contributed by atoms with Gasteiger partial charge in [-0.2, -0.15) is 4.31 Å². The van der Waals surface area contributed by atoms with E-state index in [4.69, 9.17) is 0 Å². The van der Waals surface area contributed by atoms with Gasteiger partial charge in [0.05, 0.1) is 20.6 Å². The summed E-state index contributed by atoms with van der Waals surface area (Å²) < 4.78 is 29.2. The number of rotatable bonds is 4. The van der Waals surface area contributed by atoms with E-state index in [2.05, 4.69) is 37.8 Å². The minimum absolute atomic E-state index is 0.0919. The third-order valence-electron chi connectivity index (χ3n) is 5.94. The highest BCUT2D eigenvalue weighted by molar-refractivity contribution is 7.89. The molecule has 0 spiro atoms. The molecule has 7 heteroatoms. The zero-order valence-corrected chi connectivity index (χ0v) is 16.8. The van der Waals surface area contributed by atoms with Crippen molar-refractivity contribution in [2.75, 3.05) is 33.7 Å². The molecule has 5 nitrogen and oxygen atoms in total. The molecule has 2 fully saturated rings. The quantitative estimate of drug-likeness (QED) is 0.820. The van der Waals surface area contributed by atoms with Crippen molar-refractivity contribution >= 4 is 31.6 Å². The minimum atomic E-state index is -3.46. The van der Waals surface area contributed by atoms with Crippen LogP contribution in [0.25, 0.3) is 10.2 Å². The maximum Gasteiger partial charge on any atom is 0.243 e. The molecule has 0 unspecified atom stereocenters. The van der Waals surface area contributed by atoms with Crippen molar-refractivity contribution in [2.45, 2.75) is 25.2 Å². The molecule has 0 N–H and O–H groups in total. The van der Waals surface area contributed by atoms with Crippen LogP contribution in [-0.2, 0) is 10.0 Å². The highest BCUT2D eigenvalue weighted by Gasteiger charge is 2.64. The van der Waals surface area contributed by atoms with Crippen molar-refractivity contribution in [1.82, 2.24) is 14.2 Å². The Morgan fingerprint density at radius 3 is 2.80 bits per heavy atom. The molecule has 4 rings (SSSR count). The zero-order chi connectivity index (χ0) is 18.0. The predicted octanol–water partition coefficient (Wildman–Crippen LogP) is 2.89. The highest BCUT2D eigenvalue weighted by Crippen LogP contribution is 2.63. The van der Waals surface area contributed by atoms with Gasteiger partial charge in [-0.3, -0.25) is 0 Å². The Hall–Kier alpha value is -1.02. The first-order valence-electron chi connectivity index (χ1n) is 8.62. The van der Waals surface area contributed by atoms with Gasteiger partial charge >= 0.3 is 0 Å². The fourth-order valence-corrected chi connectivity index (χ4v) is 7.62. The summed E-state index contributed by atoms with van der Waals surface area (Å²) in [6.07, 6.45) is 1.09. The molecular weight excluding hydrogens is 354 g/mol. The maximum absolute atomic E-state index is 13.3. The Morgan fingerprint density at radius 2 is 2.12 bits per heavy atom. The molecule has 0 radical (unpaired) electrons. The number of hydrogen-bond donors (Lipinski definition) is 0. The summed E-state index contributed by atoms with van der Waals surface area (Å²) in [4.78, 5) is 6.83. The average Bonchev–Trinajstić information content (AvgIpc) is 3.08. The number of hydrogen-bond acceptors (Lipinski definition) is 5. The van der Waals surface area contributed by atoms with E-state index >= 15 is 0 Å². The summed E-state index contributed by atoms with van der Waals surface area (Å²) in [6.45, 7) is 6.74. The van der Waals surface area contributed by atoms with E-state index in [1.807, 2.05) is 6.07 Å². The number of sulfonamides is 1. The minimum Gasteiger partial charge on any atom is -0.309 e. The van der Waals surface area contributed by atoms with Crippen molar-refractivity contribution in [3.63, 3.8) is 0 Å². The second kappa shape index (κ2) is 5.49. The number of benzene rings is 1. The lowest BCUT2D eigenvalue weighted by Gasteiger charge is -2.57. The number of aromatic nitrogens is 1. The van der Waals surface area contributed by atoms with Gasteiger partial charge in [0.1, 0.15) is 0 Å². The Kier molecular flexibility index (Phi) is 3.82. The van der Waals surface area contributed by atoms with Gasteiger partial charge in [-0.05, 0) is 50.0 Å². The second-order valence-electron chi connectivity index (χ2n) is 8.60. The van der Waals surface area contributed by atoms with E-state index in [0.29, 0.717) is 23.9 Å². The lowest BCUT2D eigenvalue weighted by molar-refractivity contribution is -0.0789. The first-order chi connectivity index (χ1) is 11.6. The monoisotopic (exact) mass is 379 g/mol. The van der Waals surface area contributed by atoms with Gasteiger partial charge in [-0.25, -0.2) is 13.4 Å². The van der Waals surface area contributed by atoms with Crippen LogP contribution in [0.5, 0.6) is 0 Å². The van der Waals surface area contributed by atoms with Crippen molar-refractivity contribution in [2.24, 2.45) is 16.7 Å². The molecule has 0 bridgehead atoms. The fourth-order valence-electron chi connectivity index (χ4n) is 5.25. The first kappa shape index (κ1) is 17.4. The van der Waals surface area contributed by atoms with Gasteiger partial charge in [-0.1, -0.05) is 13.8 Å². The fraction of sp³-hybridized carbons (Fsp3) is 0.611. The van der Waals surface area contributed by atoms with Crippen molar-refractivity contribution < 1.29 is 8.42 Å². The van der Waals surface area contributed by atoms with Crippen LogP contribution in [0.15, 0.2) is 28.6 Å². The molecule has 1 aromatic carbocycles. The molecule has 2 aliphatic rings. The molecule has 25 heavy (non-hydrogen) atoms. The lowest BCUT2D eigenvalue weighted by atomic mass is 9.48. The Labute approximate surface area is 153 Å². The maximum atomic E-state index is 13.3. The third kappa shape index (κ3) is 2.63. The van der Waals surface area contributed by atoms with Crippen LogP contribution in [0, 0.1) is 16.7 Å². The summed E-state index contributed by atoms with van der Waals surface area (Å²) in [5.41, 5.74) is 2.91. The molecule has 1 saturated carbocycles. The summed E-state index contributed by atoms with van der Waals surface area (Å²) in [5, 5.41) is 0. The lowest BCUT2D eigenvalue weighted by Crippen LogP contribution is -2.57. The van der Waals surface area contributed by atoms with E-state index < -0.39 is 10.0 Å². The van der Waals surface area contributed by atoms with Gasteiger partial charge in [0.25, 0.3) is 0 Å². The molecule has 136 valence electrons. The SMILES string of the molecule is CN(C)C[C@@]12CN(S(=O)(=O)c3ccc4ncsc4c3)C[C@@H]1C(C)(C)C2. The number of nitrogens with zero attached hydrogens (tertiary/aromatic N) is 3. The molecular formula is C18H25N3O2S2. The van der Waals surface area contributed by atoms with E-state index in [1.54, 1.807) is 21.9 Å². The molecule has 1 aromatic heterocycles. The zero-order valence-electron chi connectivity index (χ0n) is 15.2. The van der Waals surface area contributed by atoms with Crippen LogP contribution in [0.4, 0.5) is 0 Å². The van der Waals surface area contributed by atoms with Crippen molar-refractivity contribution in [3.8, 4) is 0 Å². The molecule has 1 saturated heterocycles. The normalized spacial score (nSPS) is 29.1. The number of thiazole rings is 1. The van der Waals surface area contributed by atoms with Crippen molar-refractivity contribution in [3.05, 3.63) is 23.7 Å². The predicted molar refractivity (Wildman–Crippen MR) is 101 cm³/mol. The van der Waals surface area contributed by atoms with Gasteiger partial charge in [0, 0.05) is 25.0 Å². The molecule has 1 aliphatic heterocycles. The van der Waals surface area contributed by atoms with E-state index in [-0.39, 0.29) is 10.8 Å². The Balaban J connectivity index is 1.67. The van der Waals surface area contributed by atoms with Crippen LogP contribution < -0.4 is 0 Å². The molecule has 2 aromatic rings. The van der Waals surface area contributed by atoms with Crippen LogP contribution in [0.2, 0.25) is 0 Å². The highest BCUT2D eigenvalue weighted by atomic mass is 32.2. The molecule has 1 aliphatic carbocycles. The Bertz CT molecular complexity index is 915. The van der Waals surface area contributed by atoms with Crippen molar-refractivity contribution in [1.29, 1.82) is 0 Å². The van der Waals surface area contributed by atoms with Crippen LogP contribution in [0.1, 0.15) is 20.3 Å². The average molecular weight is 380 g/mol. The largest absolute Gasteiger partial charge is 0.309 e. The third-order valence-corrected chi connectivity index (χ3v) is 8.54. The summed E-state index contributed by atoms with van der Waals surface area (Å²) in [6, 6.07) is 5.27. The molecule has 0 amide bonds. The van der Waals surface area contributed by atoms with Crippen LogP contribution >= 0.6 is 11.3 Å². The smallest absolute Gasteiger partial charge is 0.243 e. The van der Waals surface area contributed by atoms with E-state index in [0.717, 1.165) is 23.2 Å². The first-order valence-corrected chi connectivity index (χ1v) is 10.9. The van der Waals surface area contributed by atoms with Gasteiger partial charge in [0.15, 0.2) is 0 Å². The standard InChI is InChI=1S/C18H25N3O2S2/c1-17(2)9-18(10-20(3)4)11-21(8-16(17)18)25(22,23)13-5-6-14-15(7-13)24-12-19-14/h5-7,12,16H,8-11H2,1-4H3/t16-,18+/m1/s1. The summed E-state index contributed by atoms with van der Waals surface area (Å²) >= 11 is 1.48. The Morgan fingerprint density at radius 1 is 1.36 bits per heavy atom. The van der Waals surface area contributed by atoms with E-state index in [1.165, 1.54) is 11.3 Å². The summed E-state index contributed by atoms with van der Waals surface area (Å²) in [7, 11) is 0.687. The van der Waals surface area contributed by atoms with Gasteiger partial charge in [0.2, 0.25) is 10.0 Å². The molecule has 2 atom stereocenters. The number of fused-ring (bicyclic) bond motifs is 2. The molecule has 2 heterocycles. The van der Waals surface area contributed by atoms with Crippen LogP contribution in [0.3, 0.4) is 0 Å². The van der Waals surface area contributed by atoms with Crippen LogP contribution in [-0.4, -0.2) is 56.3 Å². The van der Waals surface area contributed by atoms with E-state index in [9.17, 15) is 8.42 Å². The van der Waals surface area contributed by atoms with Gasteiger partial charge in [-0.15, -0.1) is 11.3 Å². The summed E-state index contributed by atoms with van der Waals surface area (Å²) in [5.74, 6) is 0.421. The second-order valence-corrected chi connectivity index (χ2v) is 11.4. The van der Waals surface area contributed by atoms with Gasteiger partial charge < -0.3 is 4.90 Å². The topological polar surface area (TPSA) is 53.5 Å².